The van der Waals surface area contributed by atoms with Crippen LogP contribution in [-0.2, 0) is 9.13 Å². The molecule has 0 aromatic rings. The van der Waals surface area contributed by atoms with Crippen LogP contribution in [0.15, 0.2) is 0 Å². The summed E-state index contributed by atoms with van der Waals surface area (Å²) in [5.41, 5.74) is 0. The van der Waals surface area contributed by atoms with Crippen molar-refractivity contribution in [3.63, 3.8) is 0 Å². The molecule has 0 amide bonds. The predicted octanol–water partition coefficient (Wildman–Crippen LogP) is -4.51. The van der Waals surface area contributed by atoms with Gasteiger partial charge in [-0.2, -0.15) is 0 Å². The second-order valence-electron chi connectivity index (χ2n) is 0.964. The van der Waals surface area contributed by atoms with Gasteiger partial charge in [0.2, 0.25) is 0 Å². The molecule has 0 radical (unpaired) electrons. The first kappa shape index (κ1) is 18.6. The molecule has 0 rings (SSSR count). The largest absolute Gasteiger partial charge is 1.00 e. The maximum absolute atomic E-state index is 10.4. The Morgan fingerprint density at radius 2 is 1.09 bits per heavy atom. The van der Waals surface area contributed by atoms with Crippen LogP contribution in [0.4, 0.5) is 4.20 Å². The topological polar surface area (TPSA) is 138 Å². The van der Waals surface area contributed by atoms with Crippen LogP contribution in [0.2, 0.25) is 0 Å². The Hall–Kier alpha value is 1.83. The van der Waals surface area contributed by atoms with E-state index in [9.17, 15) is 4.20 Å². The van der Waals surface area contributed by atoms with Gasteiger partial charge in [-0.15, -0.1) is 4.20 Å². The van der Waals surface area contributed by atoms with Gasteiger partial charge >= 0.3 is 59.3 Å². The first-order chi connectivity index (χ1) is 4.00. The van der Waals surface area contributed by atoms with Crippen LogP contribution < -0.4 is 56.3 Å². The van der Waals surface area contributed by atoms with E-state index >= 15 is 0 Å². The molecule has 0 fully saturated rings. The number of hydrogen-bond donors (Lipinski definition) is 4. The van der Waals surface area contributed by atoms with Crippen molar-refractivity contribution in [3.05, 3.63) is 0 Å². The van der Waals surface area contributed by atoms with Gasteiger partial charge in [0.25, 0.3) is 7.82 Å². The molecule has 0 aromatic carbocycles. The zero-order valence-electron chi connectivity index (χ0n) is 5.29. The van der Waals surface area contributed by atoms with E-state index in [1.54, 1.807) is 0 Å². The van der Waals surface area contributed by atoms with Gasteiger partial charge in [-0.1, -0.05) is 0 Å². The second-order valence-corrected chi connectivity index (χ2v) is 2.89. The van der Waals surface area contributed by atoms with Gasteiger partial charge in [0.05, 0.1) is 0 Å². The first-order valence-electron chi connectivity index (χ1n) is 1.52. The van der Waals surface area contributed by atoms with Gasteiger partial charge in [-0.05, 0) is 0 Å². The molecule has 64 valence electrons. The molecule has 4 N–H and O–H groups in total. The maximum Gasteiger partial charge on any atom is 1.00 e. The van der Waals surface area contributed by atoms with Crippen molar-refractivity contribution in [2.45, 2.75) is 0 Å². The summed E-state index contributed by atoms with van der Waals surface area (Å²) in [6.45, 7) is 0. The molecular formula is H4FKO7P2. The smallest absolute Gasteiger partial charge is 0.756 e. The molecular weight excluding hydrogens is 232 g/mol. The van der Waals surface area contributed by atoms with Gasteiger partial charge in [0.1, 0.15) is 0 Å². The van der Waals surface area contributed by atoms with E-state index in [2.05, 4.69) is 0 Å². The molecule has 0 saturated heterocycles. The molecule has 0 bridgehead atoms. The average Bonchev–Trinajstić information content (AvgIpc) is 1.12. The van der Waals surface area contributed by atoms with E-state index in [4.69, 9.17) is 33.6 Å². The fourth-order valence-corrected chi connectivity index (χ4v) is 0. The molecule has 0 aliphatic carbocycles. The molecule has 0 aromatic heterocycles. The molecule has 11 heteroatoms. The minimum Gasteiger partial charge on any atom is -0.756 e. The van der Waals surface area contributed by atoms with Gasteiger partial charge < -0.3 is 14.7 Å². The Kier molecular flexibility index (Phi) is 12.2. The molecule has 0 unspecified atom stereocenters. The number of halogens is 1. The molecule has 11 heavy (non-hydrogen) atoms. The van der Waals surface area contributed by atoms with Crippen LogP contribution >= 0.6 is 15.7 Å². The summed E-state index contributed by atoms with van der Waals surface area (Å²) in [6.07, 6.45) is 0. The molecule has 0 saturated carbocycles. The number of phosphoric acid groups is 1. The molecule has 0 aliphatic rings. The first-order valence-corrected chi connectivity index (χ1v) is 4.55. The predicted molar refractivity (Wildman–Crippen MR) is 25.2 cm³/mol. The molecule has 0 aliphatic heterocycles. The van der Waals surface area contributed by atoms with Crippen molar-refractivity contribution in [2.24, 2.45) is 0 Å². The number of hydrogen-bond acceptors (Lipinski definition) is 3. The van der Waals surface area contributed by atoms with E-state index in [0.717, 1.165) is 0 Å². The third-order valence-electron chi connectivity index (χ3n) is 0. The maximum atomic E-state index is 10.4. The zero-order chi connectivity index (χ0) is 9.00. The van der Waals surface area contributed by atoms with Gasteiger partial charge in [0, 0.05) is 0 Å². The monoisotopic (exact) mass is 236 g/mol. The Morgan fingerprint density at radius 3 is 1.09 bits per heavy atom. The van der Waals surface area contributed by atoms with Crippen LogP contribution in [0.5, 0.6) is 0 Å². The van der Waals surface area contributed by atoms with E-state index in [0.29, 0.717) is 0 Å². The molecule has 0 spiro atoms. The third kappa shape index (κ3) is 342. The summed E-state index contributed by atoms with van der Waals surface area (Å²) in [4.78, 5) is 36.9. The summed E-state index contributed by atoms with van der Waals surface area (Å²) in [7, 11) is -10.0. The Morgan fingerprint density at radius 1 is 1.09 bits per heavy atom. The van der Waals surface area contributed by atoms with E-state index in [1.165, 1.54) is 0 Å². The van der Waals surface area contributed by atoms with Gasteiger partial charge in [-0.25, -0.2) is 4.57 Å². The zero-order valence-corrected chi connectivity index (χ0v) is 10.2. The van der Waals surface area contributed by atoms with Crippen molar-refractivity contribution in [2.75, 3.05) is 0 Å². The van der Waals surface area contributed by atoms with Crippen LogP contribution in [-0.4, -0.2) is 19.6 Å². The van der Waals surface area contributed by atoms with Gasteiger partial charge in [-0.3, -0.25) is 14.4 Å². The van der Waals surface area contributed by atoms with Crippen LogP contribution in [0, 0.1) is 0 Å². The van der Waals surface area contributed by atoms with Crippen molar-refractivity contribution >= 4 is 15.7 Å². The van der Waals surface area contributed by atoms with Crippen LogP contribution in [0.3, 0.4) is 0 Å². The quantitative estimate of drug-likeness (QED) is 0.245. The molecule has 0 atom stereocenters. The van der Waals surface area contributed by atoms with Crippen LogP contribution in [0.25, 0.3) is 0 Å². The second kappa shape index (κ2) is 7.25. The minimum absolute atomic E-state index is 0. The van der Waals surface area contributed by atoms with Crippen molar-refractivity contribution in [1.82, 2.24) is 0 Å². The SMILES string of the molecule is O=P(O)(O)F.O=P([O-])(O)O.[K+]. The molecule has 0 heterocycles. The summed E-state index contributed by atoms with van der Waals surface area (Å²) in [6, 6.07) is 0. The van der Waals surface area contributed by atoms with Crippen molar-refractivity contribution in [1.29, 1.82) is 0 Å². The van der Waals surface area contributed by atoms with Crippen molar-refractivity contribution in [3.8, 4) is 0 Å². The third-order valence-corrected chi connectivity index (χ3v) is 0. The normalized spacial score (nSPS) is 10.7. The fraction of sp³-hybridized carbons (Fsp3) is 0. The van der Waals surface area contributed by atoms with E-state index in [-0.39, 0.29) is 51.4 Å². The fourth-order valence-electron chi connectivity index (χ4n) is 0. The average molecular weight is 236 g/mol. The summed E-state index contributed by atoms with van der Waals surface area (Å²) in [5.74, 6) is 0. The van der Waals surface area contributed by atoms with Gasteiger partial charge in [0.15, 0.2) is 0 Å². The Bertz CT molecular complexity index is 129. The molecule has 7 nitrogen and oxygen atoms in total. The summed E-state index contributed by atoms with van der Waals surface area (Å²) in [5, 5.41) is 0. The Labute approximate surface area is 104 Å². The summed E-state index contributed by atoms with van der Waals surface area (Å²) < 4.78 is 27.8. The summed E-state index contributed by atoms with van der Waals surface area (Å²) >= 11 is 0. The standard InChI is InChI=1S/FH2O3P.K.H3O4P/c1-5(2,3)4;;1-5(2,3)4/h(H2,2,3,4);;(H3,1,2,3,4)/q;+1;/p-1. The minimum atomic E-state index is -5.14. The number of rotatable bonds is 0. The van der Waals surface area contributed by atoms with E-state index in [1.807, 2.05) is 0 Å². The Balaban J connectivity index is -0.000000107. The van der Waals surface area contributed by atoms with E-state index < -0.39 is 15.7 Å². The van der Waals surface area contributed by atoms with Crippen LogP contribution in [0.1, 0.15) is 0 Å². The van der Waals surface area contributed by atoms with Crippen molar-refractivity contribution < 1.29 is 89.2 Å².